The summed E-state index contributed by atoms with van der Waals surface area (Å²) in [5.41, 5.74) is 2.56. The maximum Gasteiger partial charge on any atom is 0.182 e. The monoisotopic (exact) mass is 426 g/mol. The Bertz CT molecular complexity index is 1000. The second-order valence-corrected chi connectivity index (χ2v) is 8.17. The highest BCUT2D eigenvalue weighted by molar-refractivity contribution is 7.99. The third-order valence-electron chi connectivity index (χ3n) is 5.08. The van der Waals surface area contributed by atoms with Crippen molar-refractivity contribution in [1.82, 2.24) is 4.98 Å². The van der Waals surface area contributed by atoms with Crippen LogP contribution < -0.4 is 10.1 Å². The molecule has 5 nitrogen and oxygen atoms in total. The SMILES string of the molecule is COC(O)c1ccncc1NC[C@@H]1CCOc2cc(Sc3ccc(F)cc3)ccc21. The van der Waals surface area contributed by atoms with Gasteiger partial charge in [-0.25, -0.2) is 4.39 Å². The number of hydrogen-bond acceptors (Lipinski definition) is 6. The van der Waals surface area contributed by atoms with Gasteiger partial charge in [-0.15, -0.1) is 0 Å². The van der Waals surface area contributed by atoms with Crippen molar-refractivity contribution in [3.63, 3.8) is 0 Å². The lowest BCUT2D eigenvalue weighted by molar-refractivity contribution is -0.0764. The van der Waals surface area contributed by atoms with Gasteiger partial charge in [0.25, 0.3) is 0 Å². The molecule has 156 valence electrons. The number of aliphatic hydroxyl groups is 1. The summed E-state index contributed by atoms with van der Waals surface area (Å²) < 4.78 is 24.1. The number of ether oxygens (including phenoxy) is 2. The Morgan fingerprint density at radius 3 is 2.83 bits per heavy atom. The van der Waals surface area contributed by atoms with Crippen molar-refractivity contribution in [2.24, 2.45) is 0 Å². The zero-order chi connectivity index (χ0) is 20.9. The summed E-state index contributed by atoms with van der Waals surface area (Å²) in [6.45, 7) is 1.33. The van der Waals surface area contributed by atoms with Crippen LogP contribution in [0.1, 0.15) is 29.8 Å². The summed E-state index contributed by atoms with van der Waals surface area (Å²) in [6.07, 6.45) is 3.23. The minimum atomic E-state index is -0.997. The highest BCUT2D eigenvalue weighted by Gasteiger charge is 2.22. The summed E-state index contributed by atoms with van der Waals surface area (Å²) >= 11 is 1.58. The molecule has 0 aliphatic carbocycles. The number of hydrogen-bond donors (Lipinski definition) is 2. The summed E-state index contributed by atoms with van der Waals surface area (Å²) in [4.78, 5) is 6.17. The van der Waals surface area contributed by atoms with E-state index in [4.69, 9.17) is 9.47 Å². The van der Waals surface area contributed by atoms with Gasteiger partial charge in [0, 0.05) is 41.1 Å². The quantitative estimate of drug-likeness (QED) is 0.519. The van der Waals surface area contributed by atoms with Crippen LogP contribution in [0.25, 0.3) is 0 Å². The number of benzene rings is 2. The Hall–Kier alpha value is -2.61. The van der Waals surface area contributed by atoms with E-state index in [2.05, 4.69) is 22.4 Å². The van der Waals surface area contributed by atoms with Gasteiger partial charge in [-0.1, -0.05) is 17.8 Å². The first-order valence-corrected chi connectivity index (χ1v) is 10.5. The number of pyridine rings is 1. The zero-order valence-electron chi connectivity index (χ0n) is 16.5. The first-order valence-electron chi connectivity index (χ1n) is 9.73. The minimum absolute atomic E-state index is 0.238. The summed E-state index contributed by atoms with van der Waals surface area (Å²) in [5.74, 6) is 0.910. The van der Waals surface area contributed by atoms with Crippen LogP contribution in [0.5, 0.6) is 5.75 Å². The lowest BCUT2D eigenvalue weighted by Gasteiger charge is -2.27. The maximum atomic E-state index is 13.1. The average molecular weight is 427 g/mol. The number of nitrogens with zero attached hydrogens (tertiary/aromatic N) is 1. The molecule has 30 heavy (non-hydrogen) atoms. The van der Waals surface area contributed by atoms with Gasteiger partial charge in [0.1, 0.15) is 11.6 Å². The molecule has 1 aliphatic heterocycles. The first-order chi connectivity index (χ1) is 14.6. The Balaban J connectivity index is 1.47. The molecule has 7 heteroatoms. The Kier molecular flexibility index (Phi) is 6.52. The molecule has 0 saturated heterocycles. The molecule has 0 radical (unpaired) electrons. The van der Waals surface area contributed by atoms with E-state index < -0.39 is 6.29 Å². The Labute approximate surface area is 179 Å². The number of rotatable bonds is 7. The molecule has 2 atom stereocenters. The van der Waals surface area contributed by atoms with Gasteiger partial charge in [-0.05, 0) is 54.4 Å². The second-order valence-electron chi connectivity index (χ2n) is 7.02. The number of halogens is 1. The van der Waals surface area contributed by atoms with Gasteiger partial charge in [0.05, 0.1) is 18.5 Å². The Morgan fingerprint density at radius 1 is 1.23 bits per heavy atom. The highest BCUT2D eigenvalue weighted by atomic mass is 32.2. The van der Waals surface area contributed by atoms with Crippen LogP contribution >= 0.6 is 11.8 Å². The molecule has 1 aliphatic rings. The normalized spacial score (nSPS) is 16.4. The van der Waals surface area contributed by atoms with Crippen molar-refractivity contribution in [3.8, 4) is 5.75 Å². The van der Waals surface area contributed by atoms with Crippen LogP contribution in [0.2, 0.25) is 0 Å². The summed E-state index contributed by atoms with van der Waals surface area (Å²) in [6, 6.07) is 14.4. The van der Waals surface area contributed by atoms with Gasteiger partial charge < -0.3 is 19.9 Å². The fourth-order valence-electron chi connectivity index (χ4n) is 3.49. The largest absolute Gasteiger partial charge is 0.493 e. The molecular formula is C23H23FN2O3S. The molecule has 1 unspecified atom stereocenters. The number of nitrogens with one attached hydrogen (secondary N) is 1. The van der Waals surface area contributed by atoms with Crippen LogP contribution in [0.4, 0.5) is 10.1 Å². The van der Waals surface area contributed by atoms with Gasteiger partial charge in [0.2, 0.25) is 0 Å². The van der Waals surface area contributed by atoms with Gasteiger partial charge in [0.15, 0.2) is 6.29 Å². The van der Waals surface area contributed by atoms with E-state index in [1.54, 1.807) is 42.4 Å². The van der Waals surface area contributed by atoms with Crippen molar-refractivity contribution in [1.29, 1.82) is 0 Å². The van der Waals surface area contributed by atoms with Crippen LogP contribution in [0, 0.1) is 5.82 Å². The fourth-order valence-corrected chi connectivity index (χ4v) is 4.33. The predicted octanol–water partition coefficient (Wildman–Crippen LogP) is 4.99. The minimum Gasteiger partial charge on any atom is -0.493 e. The number of fused-ring (bicyclic) bond motifs is 1. The lowest BCUT2D eigenvalue weighted by Crippen LogP contribution is -2.21. The van der Waals surface area contributed by atoms with E-state index >= 15 is 0 Å². The Morgan fingerprint density at radius 2 is 2.03 bits per heavy atom. The molecular weight excluding hydrogens is 403 g/mol. The predicted molar refractivity (Wildman–Crippen MR) is 115 cm³/mol. The number of anilines is 1. The maximum absolute atomic E-state index is 13.1. The van der Waals surface area contributed by atoms with Crippen LogP contribution in [-0.4, -0.2) is 30.4 Å². The molecule has 3 aromatic rings. The summed E-state index contributed by atoms with van der Waals surface area (Å²) in [7, 11) is 1.46. The number of aromatic nitrogens is 1. The highest BCUT2D eigenvalue weighted by Crippen LogP contribution is 2.38. The van der Waals surface area contributed by atoms with E-state index in [-0.39, 0.29) is 11.7 Å². The summed E-state index contributed by atoms with van der Waals surface area (Å²) in [5, 5.41) is 13.4. The van der Waals surface area contributed by atoms with E-state index in [1.165, 1.54) is 19.2 Å². The van der Waals surface area contributed by atoms with E-state index in [0.29, 0.717) is 18.7 Å². The molecule has 0 amide bonds. The fraction of sp³-hybridized carbons (Fsp3) is 0.261. The average Bonchev–Trinajstić information content (AvgIpc) is 2.78. The molecule has 1 aromatic heterocycles. The van der Waals surface area contributed by atoms with Crippen LogP contribution in [-0.2, 0) is 4.74 Å². The smallest absolute Gasteiger partial charge is 0.182 e. The van der Waals surface area contributed by atoms with Crippen molar-refractivity contribution in [2.45, 2.75) is 28.4 Å². The van der Waals surface area contributed by atoms with E-state index in [1.807, 2.05) is 6.07 Å². The van der Waals surface area contributed by atoms with Crippen LogP contribution in [0.15, 0.2) is 70.7 Å². The topological polar surface area (TPSA) is 63.6 Å². The number of methoxy groups -OCH3 is 1. The van der Waals surface area contributed by atoms with Crippen molar-refractivity contribution in [2.75, 3.05) is 25.6 Å². The third kappa shape index (κ3) is 4.75. The second kappa shape index (κ2) is 9.47. The van der Waals surface area contributed by atoms with Crippen molar-refractivity contribution in [3.05, 3.63) is 77.9 Å². The first kappa shape index (κ1) is 20.7. The molecule has 0 saturated carbocycles. The lowest BCUT2D eigenvalue weighted by atomic mass is 9.93. The molecule has 2 aromatic carbocycles. The van der Waals surface area contributed by atoms with Gasteiger partial charge in [-0.3, -0.25) is 4.98 Å². The van der Waals surface area contributed by atoms with E-state index in [0.717, 1.165) is 33.2 Å². The van der Waals surface area contributed by atoms with E-state index in [9.17, 15) is 9.50 Å². The number of aliphatic hydroxyl groups excluding tert-OH is 1. The molecule has 0 bridgehead atoms. The van der Waals surface area contributed by atoms with Crippen LogP contribution in [0.3, 0.4) is 0 Å². The molecule has 0 fully saturated rings. The van der Waals surface area contributed by atoms with Crippen molar-refractivity contribution < 1.29 is 19.0 Å². The van der Waals surface area contributed by atoms with Gasteiger partial charge in [-0.2, -0.15) is 0 Å². The standard InChI is InChI=1S/C23H23FN2O3S/c1-28-23(27)20-8-10-25-14-21(20)26-13-15-9-11-29-22-12-18(6-7-19(15)22)30-17-4-2-16(24)3-5-17/h2-8,10,12,14-15,23,26-27H,9,11,13H2,1H3/t15-,23?/m0/s1. The zero-order valence-corrected chi connectivity index (χ0v) is 17.4. The molecule has 2 N–H and O–H groups in total. The molecule has 4 rings (SSSR count). The van der Waals surface area contributed by atoms with Crippen molar-refractivity contribution >= 4 is 17.4 Å². The molecule has 0 spiro atoms. The molecule has 2 heterocycles. The van der Waals surface area contributed by atoms with Gasteiger partial charge >= 0.3 is 0 Å². The third-order valence-corrected chi connectivity index (χ3v) is 6.08.